The number of halogens is 1. The number of carbonyl (C=O) groups is 2. The Bertz CT molecular complexity index is 965. The zero-order chi connectivity index (χ0) is 21.3. The normalized spacial score (nSPS) is 13.8. The summed E-state index contributed by atoms with van der Waals surface area (Å²) in [5.74, 6) is -0.978. The first-order valence-corrected chi connectivity index (χ1v) is 9.94. The Morgan fingerprint density at radius 2 is 1.86 bits per heavy atom. The van der Waals surface area contributed by atoms with Crippen molar-refractivity contribution in [2.75, 3.05) is 5.73 Å². The third-order valence-corrected chi connectivity index (χ3v) is 5.46. The molecule has 4 N–H and O–H groups in total. The van der Waals surface area contributed by atoms with Crippen LogP contribution in [0.25, 0.3) is 11.1 Å². The molecule has 2 amide bonds. The van der Waals surface area contributed by atoms with E-state index in [0.29, 0.717) is 27.9 Å². The van der Waals surface area contributed by atoms with E-state index in [9.17, 15) is 14.0 Å². The van der Waals surface area contributed by atoms with Crippen LogP contribution in [-0.2, 0) is 0 Å². The van der Waals surface area contributed by atoms with Gasteiger partial charge in [0, 0.05) is 22.8 Å². The van der Waals surface area contributed by atoms with Crippen molar-refractivity contribution >= 4 is 17.5 Å². The summed E-state index contributed by atoms with van der Waals surface area (Å²) in [6.07, 6.45) is 2.70. The van der Waals surface area contributed by atoms with Gasteiger partial charge in [-0.05, 0) is 81.0 Å². The van der Waals surface area contributed by atoms with Gasteiger partial charge in [0.15, 0.2) is 0 Å². The Balaban J connectivity index is 1.92. The number of amides is 2. The van der Waals surface area contributed by atoms with Crippen molar-refractivity contribution in [1.82, 2.24) is 10.6 Å². The fraction of sp³-hybridized carbons (Fsp3) is 0.391. The molecule has 0 bridgehead atoms. The van der Waals surface area contributed by atoms with Crippen LogP contribution in [0.1, 0.15) is 66.3 Å². The highest BCUT2D eigenvalue weighted by Crippen LogP contribution is 2.30. The molecule has 5 nitrogen and oxygen atoms in total. The minimum atomic E-state index is -0.450. The van der Waals surface area contributed by atoms with Crippen molar-refractivity contribution < 1.29 is 14.0 Å². The number of hydrogen-bond acceptors (Lipinski definition) is 3. The minimum Gasteiger partial charge on any atom is -0.398 e. The topological polar surface area (TPSA) is 84.2 Å². The number of anilines is 1. The number of nitrogens with one attached hydrogen (secondary N) is 2. The van der Waals surface area contributed by atoms with Crippen molar-refractivity contribution in [3.05, 3.63) is 52.8 Å². The molecule has 0 saturated heterocycles. The van der Waals surface area contributed by atoms with Gasteiger partial charge < -0.3 is 16.4 Å². The first-order chi connectivity index (χ1) is 13.6. The highest BCUT2D eigenvalue weighted by Gasteiger charge is 2.25. The average Bonchev–Trinajstić information content (AvgIpc) is 3.47. The summed E-state index contributed by atoms with van der Waals surface area (Å²) in [5.41, 5.74) is 8.43. The van der Waals surface area contributed by atoms with Crippen LogP contribution in [0, 0.1) is 12.7 Å². The van der Waals surface area contributed by atoms with Crippen LogP contribution in [-0.4, -0.2) is 23.4 Å². The molecule has 1 aliphatic rings. The molecule has 0 radical (unpaired) electrons. The second-order valence-electron chi connectivity index (χ2n) is 8.37. The summed E-state index contributed by atoms with van der Waals surface area (Å²) in [6, 6.07) is 8.14. The van der Waals surface area contributed by atoms with E-state index in [1.807, 2.05) is 20.8 Å². The Kier molecular flexibility index (Phi) is 5.64. The van der Waals surface area contributed by atoms with E-state index in [1.165, 1.54) is 6.07 Å². The van der Waals surface area contributed by atoms with Crippen LogP contribution in [0.15, 0.2) is 30.3 Å². The molecule has 0 unspecified atom stereocenters. The maximum atomic E-state index is 14.5. The van der Waals surface area contributed by atoms with E-state index < -0.39 is 5.82 Å². The van der Waals surface area contributed by atoms with Gasteiger partial charge in [0.25, 0.3) is 11.8 Å². The summed E-state index contributed by atoms with van der Waals surface area (Å²) in [5, 5.41) is 5.83. The Morgan fingerprint density at radius 3 is 2.45 bits per heavy atom. The first kappa shape index (κ1) is 20.8. The fourth-order valence-electron chi connectivity index (χ4n) is 3.01. The van der Waals surface area contributed by atoms with Crippen molar-refractivity contribution in [3.8, 4) is 11.1 Å². The van der Waals surface area contributed by atoms with E-state index in [1.54, 1.807) is 31.2 Å². The number of nitrogen functional groups attached to an aromatic ring is 1. The molecule has 0 aliphatic heterocycles. The lowest BCUT2D eigenvalue weighted by Crippen LogP contribution is -2.43. The molecule has 6 heteroatoms. The lowest BCUT2D eigenvalue weighted by molar-refractivity contribution is 0.0910. The molecular formula is C23H28FN3O2. The molecule has 0 atom stereocenters. The van der Waals surface area contributed by atoms with Crippen LogP contribution in [0.2, 0.25) is 0 Å². The first-order valence-electron chi connectivity index (χ1n) is 9.94. The molecular weight excluding hydrogens is 369 g/mol. The number of benzene rings is 2. The Hall–Kier alpha value is -2.89. The summed E-state index contributed by atoms with van der Waals surface area (Å²) < 4.78 is 14.5. The van der Waals surface area contributed by atoms with Gasteiger partial charge in [0.1, 0.15) is 5.82 Å². The van der Waals surface area contributed by atoms with Gasteiger partial charge in [0.05, 0.1) is 5.56 Å². The van der Waals surface area contributed by atoms with Gasteiger partial charge in [-0.15, -0.1) is 0 Å². The number of carbonyl (C=O) groups excluding carboxylic acids is 2. The van der Waals surface area contributed by atoms with Crippen LogP contribution in [0.3, 0.4) is 0 Å². The molecule has 1 saturated carbocycles. The van der Waals surface area contributed by atoms with Crippen LogP contribution >= 0.6 is 0 Å². The van der Waals surface area contributed by atoms with Gasteiger partial charge in [0.2, 0.25) is 0 Å². The highest BCUT2D eigenvalue weighted by molar-refractivity contribution is 6.01. The molecule has 0 aromatic heterocycles. The zero-order valence-electron chi connectivity index (χ0n) is 17.4. The smallest absolute Gasteiger partial charge is 0.253 e. The molecule has 0 spiro atoms. The van der Waals surface area contributed by atoms with Crippen LogP contribution in [0.5, 0.6) is 0 Å². The zero-order valence-corrected chi connectivity index (χ0v) is 17.4. The second-order valence-corrected chi connectivity index (χ2v) is 8.37. The predicted molar refractivity (Wildman–Crippen MR) is 113 cm³/mol. The van der Waals surface area contributed by atoms with E-state index in [0.717, 1.165) is 19.3 Å². The quantitative estimate of drug-likeness (QED) is 0.639. The second kappa shape index (κ2) is 7.85. The third-order valence-electron chi connectivity index (χ3n) is 5.46. The van der Waals surface area contributed by atoms with Crippen LogP contribution in [0.4, 0.5) is 10.1 Å². The molecule has 2 aromatic rings. The maximum Gasteiger partial charge on any atom is 0.253 e. The lowest BCUT2D eigenvalue weighted by Gasteiger charge is -2.25. The fourth-order valence-corrected chi connectivity index (χ4v) is 3.01. The van der Waals surface area contributed by atoms with Crippen molar-refractivity contribution in [3.63, 3.8) is 0 Å². The van der Waals surface area contributed by atoms with E-state index in [-0.39, 0.29) is 29.0 Å². The highest BCUT2D eigenvalue weighted by atomic mass is 19.1. The van der Waals surface area contributed by atoms with Gasteiger partial charge in [-0.1, -0.05) is 13.0 Å². The van der Waals surface area contributed by atoms with Crippen molar-refractivity contribution in [2.24, 2.45) is 0 Å². The monoisotopic (exact) mass is 397 g/mol. The molecule has 2 aromatic carbocycles. The maximum absolute atomic E-state index is 14.5. The lowest BCUT2D eigenvalue weighted by atomic mass is 9.95. The van der Waals surface area contributed by atoms with Gasteiger partial charge in [-0.25, -0.2) is 4.39 Å². The van der Waals surface area contributed by atoms with Gasteiger partial charge >= 0.3 is 0 Å². The minimum absolute atomic E-state index is 0.191. The summed E-state index contributed by atoms with van der Waals surface area (Å²) >= 11 is 0. The standard InChI is InChI=1S/C23H28FN3O2/c1-5-23(3,4)27-22(29)17-9-6-14(12-20(17)25)18-10-15(11-19(24)13(18)2)21(28)26-16-7-8-16/h6,9-12,16H,5,7-8,25H2,1-4H3,(H,26,28)(H,27,29). The largest absolute Gasteiger partial charge is 0.398 e. The summed E-state index contributed by atoms with van der Waals surface area (Å²) in [4.78, 5) is 24.9. The van der Waals surface area contributed by atoms with Crippen molar-refractivity contribution in [2.45, 2.75) is 58.5 Å². The Labute approximate surface area is 170 Å². The molecule has 1 fully saturated rings. The van der Waals surface area contributed by atoms with Crippen LogP contribution < -0.4 is 16.4 Å². The van der Waals surface area contributed by atoms with E-state index in [4.69, 9.17) is 5.73 Å². The Morgan fingerprint density at radius 1 is 1.17 bits per heavy atom. The summed E-state index contributed by atoms with van der Waals surface area (Å²) in [6.45, 7) is 7.55. The predicted octanol–water partition coefficient (Wildman–Crippen LogP) is 4.19. The molecule has 3 rings (SSSR count). The number of rotatable bonds is 6. The SMILES string of the molecule is CCC(C)(C)NC(=O)c1ccc(-c2cc(C(=O)NC3CC3)cc(F)c2C)cc1N. The van der Waals surface area contributed by atoms with E-state index >= 15 is 0 Å². The third kappa shape index (κ3) is 4.75. The molecule has 1 aliphatic carbocycles. The number of nitrogens with two attached hydrogens (primary N) is 1. The summed E-state index contributed by atoms with van der Waals surface area (Å²) in [7, 11) is 0. The molecule has 29 heavy (non-hydrogen) atoms. The van der Waals surface area contributed by atoms with Gasteiger partial charge in [-0.3, -0.25) is 9.59 Å². The molecule has 154 valence electrons. The van der Waals surface area contributed by atoms with E-state index in [2.05, 4.69) is 10.6 Å². The van der Waals surface area contributed by atoms with Crippen molar-refractivity contribution in [1.29, 1.82) is 0 Å². The van der Waals surface area contributed by atoms with Gasteiger partial charge in [-0.2, -0.15) is 0 Å². The molecule has 0 heterocycles. The average molecular weight is 397 g/mol. The number of hydrogen-bond donors (Lipinski definition) is 3.